The number of hydrogen-bond acceptors (Lipinski definition) is 3. The fourth-order valence-electron chi connectivity index (χ4n) is 3.31. The summed E-state index contributed by atoms with van der Waals surface area (Å²) in [7, 11) is 3.34. The third kappa shape index (κ3) is 2.91. The highest BCUT2D eigenvalue weighted by Gasteiger charge is 2.29. The van der Waals surface area contributed by atoms with Gasteiger partial charge in [0.2, 0.25) is 0 Å². The summed E-state index contributed by atoms with van der Waals surface area (Å²) in [5.41, 5.74) is 3.79. The molecule has 0 bridgehead atoms. The standard InChI is InChI=1S/C20H21NO2/c1-4-11-21-12-10-16-13-18(22-2)19(23-3)14-17(16)20(21)15-8-6-5-7-9-15/h1,5-9,13-14,20H,10-12H2,2-3H3/t20-/m1/s1. The van der Waals surface area contributed by atoms with Gasteiger partial charge in [-0.05, 0) is 35.2 Å². The molecular weight excluding hydrogens is 286 g/mol. The Balaban J connectivity index is 2.13. The van der Waals surface area contributed by atoms with Crippen molar-refractivity contribution in [1.82, 2.24) is 4.90 Å². The lowest BCUT2D eigenvalue weighted by atomic mass is 9.87. The summed E-state index contributed by atoms with van der Waals surface area (Å²) < 4.78 is 10.9. The van der Waals surface area contributed by atoms with Gasteiger partial charge in [-0.2, -0.15) is 0 Å². The van der Waals surface area contributed by atoms with Crippen LogP contribution < -0.4 is 9.47 Å². The molecule has 3 rings (SSSR count). The lowest BCUT2D eigenvalue weighted by Crippen LogP contribution is -2.36. The molecule has 23 heavy (non-hydrogen) atoms. The molecule has 1 aliphatic rings. The summed E-state index contributed by atoms with van der Waals surface area (Å²) in [5.74, 6) is 4.33. The minimum Gasteiger partial charge on any atom is -0.493 e. The van der Waals surface area contributed by atoms with Gasteiger partial charge in [0, 0.05) is 6.54 Å². The van der Waals surface area contributed by atoms with Crippen LogP contribution >= 0.6 is 0 Å². The van der Waals surface area contributed by atoms with Crippen molar-refractivity contribution >= 4 is 0 Å². The second-order valence-electron chi connectivity index (χ2n) is 5.64. The van der Waals surface area contributed by atoms with Crippen LogP contribution in [0.15, 0.2) is 42.5 Å². The van der Waals surface area contributed by atoms with Crippen molar-refractivity contribution in [2.24, 2.45) is 0 Å². The van der Waals surface area contributed by atoms with Crippen LogP contribution in [-0.4, -0.2) is 32.2 Å². The Morgan fingerprint density at radius 3 is 2.48 bits per heavy atom. The van der Waals surface area contributed by atoms with Crippen LogP contribution in [-0.2, 0) is 6.42 Å². The van der Waals surface area contributed by atoms with Gasteiger partial charge in [0.05, 0.1) is 26.8 Å². The number of benzene rings is 2. The lowest BCUT2D eigenvalue weighted by molar-refractivity contribution is 0.239. The van der Waals surface area contributed by atoms with E-state index in [1.807, 2.05) is 6.07 Å². The molecule has 0 unspecified atom stereocenters. The Kier molecular flexibility index (Phi) is 4.55. The maximum atomic E-state index is 5.58. The molecule has 118 valence electrons. The van der Waals surface area contributed by atoms with Crippen LogP contribution in [0.25, 0.3) is 0 Å². The molecule has 1 heterocycles. The van der Waals surface area contributed by atoms with E-state index in [1.165, 1.54) is 16.7 Å². The molecule has 0 saturated heterocycles. The van der Waals surface area contributed by atoms with E-state index >= 15 is 0 Å². The fourth-order valence-corrected chi connectivity index (χ4v) is 3.31. The maximum absolute atomic E-state index is 5.58. The van der Waals surface area contributed by atoms with Crippen LogP contribution in [0.5, 0.6) is 11.5 Å². The second kappa shape index (κ2) is 6.76. The highest BCUT2D eigenvalue weighted by molar-refractivity contribution is 5.51. The Bertz CT molecular complexity index is 718. The minimum absolute atomic E-state index is 0.149. The zero-order valence-electron chi connectivity index (χ0n) is 13.6. The summed E-state index contributed by atoms with van der Waals surface area (Å²) in [6.07, 6.45) is 6.54. The SMILES string of the molecule is C#CCN1CCc2cc(OC)c(OC)cc2[C@H]1c1ccccc1. The molecule has 0 saturated carbocycles. The number of nitrogens with zero attached hydrogens (tertiary/aromatic N) is 1. The molecule has 1 aliphatic heterocycles. The Morgan fingerprint density at radius 1 is 1.13 bits per heavy atom. The van der Waals surface area contributed by atoms with Crippen molar-refractivity contribution in [2.75, 3.05) is 27.3 Å². The molecule has 0 aliphatic carbocycles. The lowest BCUT2D eigenvalue weighted by Gasteiger charge is -2.37. The predicted octanol–water partition coefficient (Wildman–Crippen LogP) is 3.28. The molecule has 0 spiro atoms. The summed E-state index contributed by atoms with van der Waals surface area (Å²) in [6, 6.07) is 14.8. The summed E-state index contributed by atoms with van der Waals surface area (Å²) in [5, 5.41) is 0. The third-order valence-corrected chi connectivity index (χ3v) is 4.38. The van der Waals surface area contributed by atoms with Crippen molar-refractivity contribution in [3.63, 3.8) is 0 Å². The van der Waals surface area contributed by atoms with E-state index in [9.17, 15) is 0 Å². The largest absolute Gasteiger partial charge is 0.493 e. The average Bonchev–Trinajstić information content (AvgIpc) is 2.61. The molecule has 0 amide bonds. The van der Waals surface area contributed by atoms with Crippen molar-refractivity contribution in [1.29, 1.82) is 0 Å². The second-order valence-corrected chi connectivity index (χ2v) is 5.64. The summed E-state index contributed by atoms with van der Waals surface area (Å²) in [4.78, 5) is 2.34. The van der Waals surface area contributed by atoms with Gasteiger partial charge in [0.1, 0.15) is 0 Å². The van der Waals surface area contributed by atoms with E-state index in [0.29, 0.717) is 6.54 Å². The Morgan fingerprint density at radius 2 is 1.83 bits per heavy atom. The first-order valence-electron chi connectivity index (χ1n) is 7.75. The Labute approximate surface area is 137 Å². The summed E-state index contributed by atoms with van der Waals surface area (Å²) in [6.45, 7) is 1.57. The van der Waals surface area contributed by atoms with Gasteiger partial charge in [-0.3, -0.25) is 4.90 Å². The van der Waals surface area contributed by atoms with Crippen molar-refractivity contribution in [3.8, 4) is 23.8 Å². The average molecular weight is 307 g/mol. The smallest absolute Gasteiger partial charge is 0.161 e. The molecule has 0 radical (unpaired) electrons. The highest BCUT2D eigenvalue weighted by atomic mass is 16.5. The van der Waals surface area contributed by atoms with Crippen molar-refractivity contribution in [2.45, 2.75) is 12.5 Å². The van der Waals surface area contributed by atoms with Gasteiger partial charge < -0.3 is 9.47 Å². The molecule has 0 N–H and O–H groups in total. The molecule has 3 nitrogen and oxygen atoms in total. The van der Waals surface area contributed by atoms with Crippen LogP contribution in [0.3, 0.4) is 0 Å². The first kappa shape index (κ1) is 15.5. The zero-order chi connectivity index (χ0) is 16.2. The molecule has 0 aromatic heterocycles. The van der Waals surface area contributed by atoms with E-state index < -0.39 is 0 Å². The fraction of sp³-hybridized carbons (Fsp3) is 0.300. The van der Waals surface area contributed by atoms with E-state index in [4.69, 9.17) is 15.9 Å². The monoisotopic (exact) mass is 307 g/mol. The van der Waals surface area contributed by atoms with Gasteiger partial charge >= 0.3 is 0 Å². The molecule has 3 heteroatoms. The number of methoxy groups -OCH3 is 2. The Hall–Kier alpha value is -2.44. The van der Waals surface area contributed by atoms with Gasteiger partial charge in [-0.1, -0.05) is 36.3 Å². The minimum atomic E-state index is 0.149. The van der Waals surface area contributed by atoms with E-state index in [-0.39, 0.29) is 6.04 Å². The maximum Gasteiger partial charge on any atom is 0.161 e. The molecule has 2 aromatic rings. The number of hydrogen-bond donors (Lipinski definition) is 0. The van der Waals surface area contributed by atoms with E-state index in [1.54, 1.807) is 14.2 Å². The number of terminal acetylenes is 1. The normalized spacial score (nSPS) is 17.2. The van der Waals surface area contributed by atoms with E-state index in [0.717, 1.165) is 24.5 Å². The van der Waals surface area contributed by atoms with Crippen LogP contribution in [0.4, 0.5) is 0 Å². The first-order chi connectivity index (χ1) is 11.3. The van der Waals surface area contributed by atoms with Gasteiger partial charge in [0.25, 0.3) is 0 Å². The van der Waals surface area contributed by atoms with E-state index in [2.05, 4.69) is 47.2 Å². The summed E-state index contributed by atoms with van der Waals surface area (Å²) >= 11 is 0. The highest BCUT2D eigenvalue weighted by Crippen LogP contribution is 2.40. The van der Waals surface area contributed by atoms with Crippen LogP contribution in [0, 0.1) is 12.3 Å². The van der Waals surface area contributed by atoms with Crippen LogP contribution in [0.1, 0.15) is 22.7 Å². The zero-order valence-corrected chi connectivity index (χ0v) is 13.6. The quantitative estimate of drug-likeness (QED) is 0.809. The topological polar surface area (TPSA) is 21.7 Å². The predicted molar refractivity (Wildman–Crippen MR) is 91.9 cm³/mol. The van der Waals surface area contributed by atoms with Crippen molar-refractivity contribution < 1.29 is 9.47 Å². The molecule has 2 aromatic carbocycles. The molecular formula is C20H21NO2. The van der Waals surface area contributed by atoms with Crippen LogP contribution in [0.2, 0.25) is 0 Å². The van der Waals surface area contributed by atoms with Gasteiger partial charge in [-0.25, -0.2) is 0 Å². The number of ether oxygens (including phenoxy) is 2. The molecule has 1 atom stereocenters. The first-order valence-corrected chi connectivity index (χ1v) is 7.75. The van der Waals surface area contributed by atoms with Crippen molar-refractivity contribution in [3.05, 3.63) is 59.2 Å². The number of fused-ring (bicyclic) bond motifs is 1. The third-order valence-electron chi connectivity index (χ3n) is 4.38. The number of rotatable bonds is 4. The van der Waals surface area contributed by atoms with Gasteiger partial charge in [0.15, 0.2) is 11.5 Å². The molecule has 0 fully saturated rings. The van der Waals surface area contributed by atoms with Gasteiger partial charge in [-0.15, -0.1) is 6.42 Å².